The Labute approximate surface area is 572 Å². The number of hydrogen-bond donors (Lipinski definition) is 12. The van der Waals surface area contributed by atoms with Gasteiger partial charge >= 0.3 is 5.97 Å². The molecule has 0 saturated carbocycles. The van der Waals surface area contributed by atoms with Gasteiger partial charge in [0.05, 0.1) is 61.5 Å². The highest BCUT2D eigenvalue weighted by molar-refractivity contribution is 6.31. The van der Waals surface area contributed by atoms with Crippen LogP contribution in [0.3, 0.4) is 0 Å². The molecule has 31 heteroatoms. The number of aromatic hydroxyl groups is 2. The number of nitrogens with one attached hydrogen (secondary N) is 5. The molecule has 4 saturated heterocycles. The van der Waals surface area contributed by atoms with E-state index in [9.17, 15) is 78.9 Å². The molecule has 11 rings (SSSR count). The van der Waals surface area contributed by atoms with Crippen molar-refractivity contribution < 1.29 is 117 Å². The number of ketones is 2. The lowest BCUT2D eigenvalue weighted by Gasteiger charge is -2.43. The molecular weight excluding hydrogens is 1310 g/mol. The minimum absolute atomic E-state index is 0.0146. The number of para-hydroxylation sites is 1. The highest BCUT2D eigenvalue weighted by atomic mass is 16.7. The van der Waals surface area contributed by atoms with Crippen molar-refractivity contribution in [1.29, 1.82) is 0 Å². The molecule has 4 aromatic carbocycles. The van der Waals surface area contributed by atoms with E-state index in [1.165, 1.54) is 32.4 Å². The van der Waals surface area contributed by atoms with Gasteiger partial charge in [-0.25, -0.2) is 4.79 Å². The molecule has 534 valence electrons. The van der Waals surface area contributed by atoms with Crippen molar-refractivity contribution in [2.75, 3.05) is 58.5 Å². The fraction of sp³-hybridized carbons (Fsp3) is 0.493. The average Bonchev–Trinajstić information content (AvgIpc) is 0.849. The largest absolute Gasteiger partial charge is 0.507 e. The predicted molar refractivity (Wildman–Crippen MR) is 343 cm³/mol. The number of carboxylic acid groups (broad SMARTS) is 1. The summed E-state index contributed by atoms with van der Waals surface area (Å²) in [6.45, 7) is 3.80. The average molecular weight is 1390 g/mol. The zero-order valence-corrected chi connectivity index (χ0v) is 55.2. The van der Waals surface area contributed by atoms with E-state index < -0.39 is 194 Å². The number of nitrogens with zero attached hydrogens (tertiary/aromatic N) is 2. The number of hydrogen-bond acceptors (Lipinski definition) is 24. The number of aliphatic hydroxyl groups excluding tert-OH is 3. The summed E-state index contributed by atoms with van der Waals surface area (Å²) in [6, 6.07) is 15.3. The Balaban J connectivity index is 0.754. The quantitative estimate of drug-likeness (QED) is 0.0215. The van der Waals surface area contributed by atoms with Crippen LogP contribution in [0.15, 0.2) is 66.7 Å². The van der Waals surface area contributed by atoms with Crippen LogP contribution < -0.4 is 36.2 Å². The number of rotatable bonds is 23. The van der Waals surface area contributed by atoms with Gasteiger partial charge in [0.1, 0.15) is 59.3 Å². The summed E-state index contributed by atoms with van der Waals surface area (Å²) in [5.74, 6) is -4.17. The van der Waals surface area contributed by atoms with Crippen LogP contribution in [0.4, 0.5) is 5.69 Å². The number of aliphatic carboxylic acids is 1. The molecule has 100 heavy (non-hydrogen) atoms. The summed E-state index contributed by atoms with van der Waals surface area (Å²) in [5, 5.41) is 91.0. The van der Waals surface area contributed by atoms with Crippen LogP contribution in [0.25, 0.3) is 0 Å². The van der Waals surface area contributed by atoms with Gasteiger partial charge in [-0.1, -0.05) is 68.2 Å². The normalized spacial score (nSPS) is 27.1. The van der Waals surface area contributed by atoms with E-state index in [1.54, 1.807) is 43.9 Å². The van der Waals surface area contributed by atoms with Gasteiger partial charge in [0, 0.05) is 106 Å². The number of morpholine rings is 1. The summed E-state index contributed by atoms with van der Waals surface area (Å²) in [6.07, 6.45) is -17.6. The third kappa shape index (κ3) is 14.6. The maximum absolute atomic E-state index is 14.5. The molecule has 5 heterocycles. The van der Waals surface area contributed by atoms with Crippen LogP contribution in [-0.2, 0) is 79.7 Å². The topological polar surface area (TPSA) is 436 Å². The van der Waals surface area contributed by atoms with Crippen LogP contribution in [0, 0.1) is 17.8 Å². The van der Waals surface area contributed by atoms with Gasteiger partial charge in [-0.3, -0.25) is 43.3 Å². The van der Waals surface area contributed by atoms with Crippen molar-refractivity contribution >= 4 is 58.7 Å². The second-order valence-corrected chi connectivity index (χ2v) is 25.7. The Hall–Kier alpha value is -9.01. The Morgan fingerprint density at radius 3 is 2.21 bits per heavy atom. The lowest BCUT2D eigenvalue weighted by molar-refractivity contribution is -0.294. The van der Waals surface area contributed by atoms with Gasteiger partial charge in [-0.05, 0) is 42.7 Å². The maximum atomic E-state index is 14.5. The molecule has 0 unspecified atom stereocenters. The summed E-state index contributed by atoms with van der Waals surface area (Å²) in [4.78, 5) is 128. The van der Waals surface area contributed by atoms with E-state index in [0.717, 1.165) is 11.1 Å². The highest BCUT2D eigenvalue weighted by Gasteiger charge is 2.56. The Morgan fingerprint density at radius 1 is 0.750 bits per heavy atom. The molecule has 0 spiro atoms. The predicted octanol–water partition coefficient (Wildman–Crippen LogP) is -0.850. The molecule has 12 N–H and O–H groups in total. The number of carbonyl (C=O) groups excluding carboxylic acids is 8. The summed E-state index contributed by atoms with van der Waals surface area (Å²) >= 11 is 0. The summed E-state index contributed by atoms with van der Waals surface area (Å²) in [7, 11) is 2.77. The van der Waals surface area contributed by atoms with Crippen LogP contribution in [0.2, 0.25) is 0 Å². The minimum Gasteiger partial charge on any atom is -0.507 e. The standard InChI is InChI=1S/C69H79N7O24/c1-32(2)52(74-45(78)21-22-70-44(77)19-20-46(79)76-30-36-13-7-6-11-34(36)17-18-35-12-8-9-15-40(35)76)63(88)73-39(31-96-66-59(86)57(84)58(85)61(100-66)65(89)90)62(87)71-23-24-72-68(91)69(92)28-38-49(56(83)51-50(54(38)81)53(80)37-14-10-16-42(93-4)48(37)55(51)82)43(29-69)98-47-27-41-60(33(3)97-47)99-64-67(94-5)95-26-25-75(41)64/h6-16,32-33,39,41,43,47,52,57-61,64,66-67,81,83-86,92H,19-31H2,1-5H3,(H,70,77)(H,71,87)(H,72,91)(H,73,88)(H,74,78)(H,89,90)/t33-,39-,41-,43-,47-,52-,57-,58-,59+,60+,61-,64+,66+,67-,69-/m0/s1. The first-order chi connectivity index (χ1) is 47.8. The summed E-state index contributed by atoms with van der Waals surface area (Å²) in [5.41, 5.74) is -1.75. The molecule has 5 aliphatic heterocycles. The maximum Gasteiger partial charge on any atom is 0.335 e. The van der Waals surface area contributed by atoms with Crippen molar-refractivity contribution in [2.45, 2.75) is 157 Å². The fourth-order valence-corrected chi connectivity index (χ4v) is 13.7. The second kappa shape index (κ2) is 30.4. The molecule has 6 amide bonds. The number of aliphatic hydroxyl groups is 4. The van der Waals surface area contributed by atoms with Crippen molar-refractivity contribution in [3.05, 3.63) is 117 Å². The molecule has 0 radical (unpaired) electrons. The number of ether oxygens (including phenoxy) is 8. The molecule has 31 nitrogen and oxygen atoms in total. The molecular formula is C69H79N7O24. The molecule has 15 atom stereocenters. The zero-order valence-electron chi connectivity index (χ0n) is 55.2. The van der Waals surface area contributed by atoms with Crippen molar-refractivity contribution in [3.63, 3.8) is 0 Å². The van der Waals surface area contributed by atoms with Gasteiger partial charge in [0.2, 0.25) is 35.3 Å². The number of phenolic OH excluding ortho intramolecular Hbond substituents is 2. The number of amides is 6. The first kappa shape index (κ1) is 72.2. The van der Waals surface area contributed by atoms with Crippen LogP contribution in [0.5, 0.6) is 17.2 Å². The molecule has 4 aromatic rings. The van der Waals surface area contributed by atoms with E-state index in [1.807, 2.05) is 30.3 Å². The Morgan fingerprint density at radius 2 is 1.47 bits per heavy atom. The Bertz CT molecular complexity index is 3930. The first-order valence-electron chi connectivity index (χ1n) is 32.7. The lowest BCUT2D eigenvalue weighted by atomic mass is 9.72. The fourth-order valence-electron chi connectivity index (χ4n) is 13.7. The third-order valence-corrected chi connectivity index (χ3v) is 18.9. The minimum atomic E-state index is -2.55. The van der Waals surface area contributed by atoms with E-state index in [0.29, 0.717) is 24.4 Å². The number of fused-ring (bicyclic) bond motifs is 8. The van der Waals surface area contributed by atoms with Gasteiger partial charge in [-0.15, -0.1) is 0 Å². The second-order valence-electron chi connectivity index (χ2n) is 25.7. The number of benzene rings is 4. The van der Waals surface area contributed by atoms with E-state index in [-0.39, 0.29) is 78.7 Å². The highest BCUT2D eigenvalue weighted by Crippen LogP contribution is 2.53. The number of phenols is 2. The van der Waals surface area contributed by atoms with E-state index in [4.69, 9.17) is 37.9 Å². The lowest BCUT2D eigenvalue weighted by Crippen LogP contribution is -2.61. The van der Waals surface area contributed by atoms with E-state index in [2.05, 4.69) is 43.3 Å². The first-order valence-corrected chi connectivity index (χ1v) is 32.7. The number of carbonyl (C=O) groups is 9. The van der Waals surface area contributed by atoms with Crippen molar-refractivity contribution in [2.24, 2.45) is 5.92 Å². The SMILES string of the molecule is COc1cccc2c1C(=O)c1c(O)c3c(c(O)c1C2=O)C[C@@](O)(C(=O)NCCNC(=O)[C@H](CO[C@@H]1O[C@H](C(=O)O)[C@@H](O)[C@H](O)[C@H]1O)NC(=O)[C@@H](NC(=O)CCNC(=O)CCC(=O)N1Cc2ccccc2C#Cc2ccccc21)C(C)C)C[C@@H]3O[C@H]1C[C@H]2[C@H](O[C@@H]3[C@@H](OC)OCCN32)[C@H](C)O1. The molecule has 2 aliphatic carbocycles. The molecule has 4 fully saturated rings. The zero-order chi connectivity index (χ0) is 71.6. The monoisotopic (exact) mass is 1390 g/mol. The van der Waals surface area contributed by atoms with Gasteiger partial charge in [0.25, 0.3) is 5.91 Å². The van der Waals surface area contributed by atoms with Gasteiger partial charge in [-0.2, -0.15) is 0 Å². The molecule has 7 aliphatic rings. The Kier molecular flexibility index (Phi) is 22.0. The van der Waals surface area contributed by atoms with Gasteiger partial charge in [0.15, 0.2) is 37.0 Å². The van der Waals surface area contributed by atoms with Crippen LogP contribution >= 0.6 is 0 Å². The van der Waals surface area contributed by atoms with Crippen molar-refractivity contribution in [3.8, 4) is 29.1 Å². The molecule has 0 bridgehead atoms. The van der Waals surface area contributed by atoms with E-state index >= 15 is 0 Å². The van der Waals surface area contributed by atoms with Crippen molar-refractivity contribution in [1.82, 2.24) is 31.5 Å². The smallest absolute Gasteiger partial charge is 0.335 e. The van der Waals surface area contributed by atoms with Crippen LogP contribution in [0.1, 0.15) is 119 Å². The summed E-state index contributed by atoms with van der Waals surface area (Å²) < 4.78 is 46.9. The molecule has 0 aromatic heterocycles. The number of methoxy groups -OCH3 is 2. The van der Waals surface area contributed by atoms with Gasteiger partial charge < -0.3 is 105 Å². The van der Waals surface area contributed by atoms with Crippen LogP contribution in [-0.4, -0.2) is 233 Å². The number of carboxylic acids is 1. The number of anilines is 1. The third-order valence-electron chi connectivity index (χ3n) is 18.9.